The van der Waals surface area contributed by atoms with Crippen LogP contribution < -0.4 is 0 Å². The third-order valence-electron chi connectivity index (χ3n) is 1.58. The largest absolute Gasteiger partial charge is 0.438 e. The quantitative estimate of drug-likeness (QED) is 0.450. The van der Waals surface area contributed by atoms with Crippen LogP contribution in [0.25, 0.3) is 0 Å². The van der Waals surface area contributed by atoms with E-state index in [0.29, 0.717) is 13.8 Å². The molecular formula is C6H13BO2. The van der Waals surface area contributed by atoms with Crippen LogP contribution >= 0.6 is 0 Å². The molecule has 1 aliphatic rings. The molecule has 0 aromatic rings. The van der Waals surface area contributed by atoms with E-state index in [2.05, 4.69) is 20.8 Å². The van der Waals surface area contributed by atoms with E-state index >= 15 is 0 Å². The summed E-state index contributed by atoms with van der Waals surface area (Å²) in [7, 11) is 0.453. The van der Waals surface area contributed by atoms with Crippen molar-refractivity contribution in [1.29, 1.82) is 0 Å². The van der Waals surface area contributed by atoms with Crippen LogP contribution in [-0.2, 0) is 9.31 Å². The van der Waals surface area contributed by atoms with Crippen molar-refractivity contribution in [3.8, 4) is 0 Å². The minimum atomic E-state index is 0.0255. The molecule has 52 valence electrons. The summed E-state index contributed by atoms with van der Waals surface area (Å²) in [4.78, 5) is 0. The van der Waals surface area contributed by atoms with E-state index in [4.69, 9.17) is 9.31 Å². The molecule has 0 unspecified atom stereocenters. The molecule has 1 atom stereocenters. The molecule has 0 radical (unpaired) electrons. The lowest BCUT2D eigenvalue weighted by Gasteiger charge is -2.33. The van der Waals surface area contributed by atoms with Crippen LogP contribution in [-0.4, -0.2) is 19.4 Å². The third-order valence-corrected chi connectivity index (χ3v) is 1.58. The normalized spacial score (nSPS) is 33.4. The molecule has 1 fully saturated rings. The Morgan fingerprint density at radius 3 is 2.56 bits per heavy atom. The lowest BCUT2D eigenvalue weighted by molar-refractivity contribution is -0.0142. The molecule has 9 heavy (non-hydrogen) atoms. The van der Waals surface area contributed by atoms with Gasteiger partial charge in [0.1, 0.15) is 0 Å². The highest BCUT2D eigenvalue weighted by atomic mass is 16.6. The molecule has 1 saturated heterocycles. The highest BCUT2D eigenvalue weighted by molar-refractivity contribution is 6.18. The summed E-state index contributed by atoms with van der Waals surface area (Å²) in [6.45, 7) is 6.25. The maximum atomic E-state index is 5.31. The molecule has 0 N–H and O–H groups in total. The first kappa shape index (κ1) is 7.10. The standard InChI is InChI=1S/C6H13BO2/c1-5-4-6(2,3)9-7-8-5/h5,7H,4H2,1-3H3/t5-/m1/s1. The predicted molar refractivity (Wildman–Crippen MR) is 37.5 cm³/mol. The smallest absolute Gasteiger partial charge is 0.411 e. The number of hydrogen-bond acceptors (Lipinski definition) is 2. The summed E-state index contributed by atoms with van der Waals surface area (Å²) in [5.41, 5.74) is 0.0255. The molecule has 1 heterocycles. The second kappa shape index (κ2) is 2.31. The maximum Gasteiger partial charge on any atom is 0.438 e. The van der Waals surface area contributed by atoms with Crippen LogP contribution in [0.4, 0.5) is 0 Å². The summed E-state index contributed by atoms with van der Waals surface area (Å²) < 4.78 is 10.5. The zero-order valence-electron chi connectivity index (χ0n) is 6.31. The lowest BCUT2D eigenvalue weighted by Crippen LogP contribution is -2.38. The van der Waals surface area contributed by atoms with Crippen molar-refractivity contribution >= 4 is 7.69 Å². The first-order valence-electron chi connectivity index (χ1n) is 3.36. The zero-order valence-corrected chi connectivity index (χ0v) is 6.31. The zero-order chi connectivity index (χ0) is 6.91. The Balaban J connectivity index is 2.41. The van der Waals surface area contributed by atoms with Gasteiger partial charge in [-0.1, -0.05) is 0 Å². The Hall–Kier alpha value is -0.0151. The van der Waals surface area contributed by atoms with Gasteiger partial charge in [0, 0.05) is 6.10 Å². The van der Waals surface area contributed by atoms with E-state index < -0.39 is 0 Å². The summed E-state index contributed by atoms with van der Waals surface area (Å²) in [6.07, 6.45) is 1.35. The summed E-state index contributed by atoms with van der Waals surface area (Å²) >= 11 is 0. The monoisotopic (exact) mass is 128 g/mol. The van der Waals surface area contributed by atoms with Crippen molar-refractivity contribution in [1.82, 2.24) is 0 Å². The number of rotatable bonds is 0. The van der Waals surface area contributed by atoms with Crippen molar-refractivity contribution in [2.75, 3.05) is 0 Å². The van der Waals surface area contributed by atoms with Gasteiger partial charge in [-0.3, -0.25) is 0 Å². The molecule has 1 aliphatic heterocycles. The second-order valence-electron chi connectivity index (χ2n) is 3.20. The average molecular weight is 128 g/mol. The van der Waals surface area contributed by atoms with E-state index in [1.165, 1.54) is 0 Å². The lowest BCUT2D eigenvalue weighted by atomic mass is 9.97. The van der Waals surface area contributed by atoms with Crippen LogP contribution in [0, 0.1) is 0 Å². The summed E-state index contributed by atoms with van der Waals surface area (Å²) in [6, 6.07) is 0. The van der Waals surface area contributed by atoms with Crippen molar-refractivity contribution in [2.45, 2.75) is 38.9 Å². The predicted octanol–water partition coefficient (Wildman–Crippen LogP) is 0.857. The van der Waals surface area contributed by atoms with Crippen LogP contribution in [0.15, 0.2) is 0 Å². The van der Waals surface area contributed by atoms with Crippen molar-refractivity contribution in [3.05, 3.63) is 0 Å². The van der Waals surface area contributed by atoms with E-state index in [1.807, 2.05) is 0 Å². The number of hydrogen-bond donors (Lipinski definition) is 0. The molecule has 0 aliphatic carbocycles. The van der Waals surface area contributed by atoms with Gasteiger partial charge < -0.3 is 9.31 Å². The minimum absolute atomic E-state index is 0.0255. The van der Waals surface area contributed by atoms with Crippen molar-refractivity contribution < 1.29 is 9.31 Å². The second-order valence-corrected chi connectivity index (χ2v) is 3.20. The van der Waals surface area contributed by atoms with Gasteiger partial charge in [-0.15, -0.1) is 0 Å². The third kappa shape index (κ3) is 1.99. The average Bonchev–Trinajstić information content (AvgIpc) is 1.60. The molecule has 0 aromatic heterocycles. The molecule has 0 aromatic carbocycles. The molecule has 0 spiro atoms. The summed E-state index contributed by atoms with van der Waals surface area (Å²) in [5.74, 6) is 0. The topological polar surface area (TPSA) is 18.5 Å². The first-order chi connectivity index (χ1) is 4.10. The Bertz CT molecular complexity index is 103. The van der Waals surface area contributed by atoms with Crippen molar-refractivity contribution in [2.24, 2.45) is 0 Å². The van der Waals surface area contributed by atoms with E-state index in [9.17, 15) is 0 Å². The van der Waals surface area contributed by atoms with Crippen LogP contribution in [0.1, 0.15) is 27.2 Å². The maximum absolute atomic E-state index is 5.31. The van der Waals surface area contributed by atoms with Gasteiger partial charge >= 0.3 is 7.69 Å². The van der Waals surface area contributed by atoms with Crippen LogP contribution in [0.3, 0.4) is 0 Å². The van der Waals surface area contributed by atoms with E-state index in [-0.39, 0.29) is 5.60 Å². The highest BCUT2D eigenvalue weighted by Gasteiger charge is 2.27. The molecule has 1 rings (SSSR count). The fourth-order valence-corrected chi connectivity index (χ4v) is 1.12. The fraction of sp³-hybridized carbons (Fsp3) is 1.00. The molecular weight excluding hydrogens is 115 g/mol. The Morgan fingerprint density at radius 1 is 1.56 bits per heavy atom. The molecule has 3 heteroatoms. The van der Waals surface area contributed by atoms with Gasteiger partial charge in [0.05, 0.1) is 5.60 Å². The van der Waals surface area contributed by atoms with Gasteiger partial charge in [-0.2, -0.15) is 0 Å². The van der Waals surface area contributed by atoms with Gasteiger partial charge in [-0.25, -0.2) is 0 Å². The Morgan fingerprint density at radius 2 is 2.22 bits per heavy atom. The fourth-order valence-electron chi connectivity index (χ4n) is 1.12. The van der Waals surface area contributed by atoms with Crippen molar-refractivity contribution in [3.63, 3.8) is 0 Å². The Kier molecular flexibility index (Phi) is 1.82. The first-order valence-corrected chi connectivity index (χ1v) is 3.36. The molecule has 2 nitrogen and oxygen atoms in total. The van der Waals surface area contributed by atoms with E-state index in [0.717, 1.165) is 6.42 Å². The van der Waals surface area contributed by atoms with Crippen LogP contribution in [0.2, 0.25) is 0 Å². The van der Waals surface area contributed by atoms with Gasteiger partial charge in [0.25, 0.3) is 0 Å². The van der Waals surface area contributed by atoms with E-state index in [1.54, 1.807) is 0 Å². The minimum Gasteiger partial charge on any atom is -0.411 e. The molecule has 0 saturated carbocycles. The summed E-state index contributed by atoms with van der Waals surface area (Å²) in [5, 5.41) is 0. The Labute approximate surface area is 56.8 Å². The SMILES string of the molecule is C[C@@H]1CC(C)(C)OBO1. The van der Waals surface area contributed by atoms with Gasteiger partial charge in [0.2, 0.25) is 0 Å². The molecule has 0 amide bonds. The molecule has 0 bridgehead atoms. The highest BCUT2D eigenvalue weighted by Crippen LogP contribution is 2.21. The van der Waals surface area contributed by atoms with Gasteiger partial charge in [-0.05, 0) is 27.2 Å². The van der Waals surface area contributed by atoms with Crippen LogP contribution in [0.5, 0.6) is 0 Å². The van der Waals surface area contributed by atoms with Gasteiger partial charge in [0.15, 0.2) is 0 Å².